The number of nitrogens with zero attached hydrogens (tertiary/aromatic N) is 1. The van der Waals surface area contributed by atoms with Crippen molar-refractivity contribution in [3.05, 3.63) is 71.9 Å². The third-order valence-corrected chi connectivity index (χ3v) is 8.42. The molecule has 0 aliphatic carbocycles. The van der Waals surface area contributed by atoms with Crippen molar-refractivity contribution in [3.8, 4) is 11.3 Å². The van der Waals surface area contributed by atoms with E-state index in [1.54, 1.807) is 25.4 Å². The lowest BCUT2D eigenvalue weighted by Gasteiger charge is -2.27. The van der Waals surface area contributed by atoms with Crippen molar-refractivity contribution in [1.29, 1.82) is 0 Å². The van der Waals surface area contributed by atoms with Crippen LogP contribution in [0.25, 0.3) is 11.3 Å². The highest BCUT2D eigenvalue weighted by Gasteiger charge is 2.30. The molecule has 3 N–H and O–H groups in total. The number of aromatic nitrogens is 1. The summed E-state index contributed by atoms with van der Waals surface area (Å²) in [5.74, 6) is 0.247. The molecule has 28 heavy (non-hydrogen) atoms. The van der Waals surface area contributed by atoms with Crippen LogP contribution in [-0.4, -0.2) is 34.3 Å². The van der Waals surface area contributed by atoms with E-state index >= 15 is 0 Å². The zero-order chi connectivity index (χ0) is 19.9. The van der Waals surface area contributed by atoms with Gasteiger partial charge in [0.2, 0.25) is 0 Å². The second kappa shape index (κ2) is 7.06. The first-order valence-electron chi connectivity index (χ1n) is 8.89. The van der Waals surface area contributed by atoms with E-state index in [0.717, 1.165) is 16.7 Å². The number of rotatable bonds is 5. The lowest BCUT2D eigenvalue weighted by Crippen LogP contribution is -2.14. The molecule has 0 fully saturated rings. The summed E-state index contributed by atoms with van der Waals surface area (Å²) in [5, 5.41) is 3.04. The van der Waals surface area contributed by atoms with E-state index in [2.05, 4.69) is 5.32 Å². The Bertz CT molecular complexity index is 1120. The van der Waals surface area contributed by atoms with Crippen molar-refractivity contribution < 1.29 is 17.5 Å². The Hall–Kier alpha value is -2.10. The van der Waals surface area contributed by atoms with E-state index in [1.807, 2.05) is 36.4 Å². The minimum absolute atomic E-state index is 0.0527. The van der Waals surface area contributed by atoms with Gasteiger partial charge < -0.3 is 5.32 Å². The molecule has 1 aliphatic heterocycles. The van der Waals surface area contributed by atoms with Gasteiger partial charge in [-0.1, -0.05) is 36.4 Å². The Kier molecular flexibility index (Phi) is 4.84. The van der Waals surface area contributed by atoms with Crippen molar-refractivity contribution in [2.75, 3.05) is 12.8 Å². The van der Waals surface area contributed by atoms with E-state index in [1.165, 1.54) is 10.0 Å². The number of hydrogen-bond donors (Lipinski definition) is 3. The van der Waals surface area contributed by atoms with Gasteiger partial charge in [0.25, 0.3) is 10.0 Å². The first kappa shape index (κ1) is 19.2. The zero-order valence-corrected chi connectivity index (χ0v) is 17.0. The maximum atomic E-state index is 13.4. The fourth-order valence-electron chi connectivity index (χ4n) is 3.50. The quantitative estimate of drug-likeness (QED) is 0.587. The number of hydrogen-bond acceptors (Lipinski definition) is 5. The summed E-state index contributed by atoms with van der Waals surface area (Å²) in [7, 11) is -5.02. The average molecular weight is 419 g/mol. The molecule has 0 amide bonds. The third kappa shape index (κ3) is 3.27. The van der Waals surface area contributed by atoms with Crippen LogP contribution in [0.3, 0.4) is 0 Å². The van der Waals surface area contributed by atoms with Crippen LogP contribution in [0.1, 0.15) is 11.1 Å². The molecule has 2 aromatic carbocycles. The van der Waals surface area contributed by atoms with Crippen LogP contribution in [0.5, 0.6) is 0 Å². The van der Waals surface area contributed by atoms with Crippen LogP contribution in [0.2, 0.25) is 0 Å². The normalized spacial score (nSPS) is 16.7. The van der Waals surface area contributed by atoms with E-state index in [9.17, 15) is 17.5 Å². The number of benzene rings is 2. The summed E-state index contributed by atoms with van der Waals surface area (Å²) in [6, 6.07) is 15.8. The topological polar surface area (TPSA) is 91.6 Å². The van der Waals surface area contributed by atoms with Crippen molar-refractivity contribution in [2.45, 2.75) is 22.8 Å². The van der Waals surface area contributed by atoms with Crippen LogP contribution in [0.15, 0.2) is 70.6 Å². The molecule has 0 radical (unpaired) electrons. The van der Waals surface area contributed by atoms with Gasteiger partial charge in [-0.2, -0.15) is 10.6 Å². The molecular formula is C20H22N2O4S2. The minimum atomic E-state index is -3.91. The number of aryl methyl sites for hydroxylation is 1. The SMILES string of the molecule is CNCc1cc(-c2ccccc2)n(S(=O)(=O)c2ccc3c(c2)S(O)(O)CC3)c1. The molecule has 0 saturated carbocycles. The van der Waals surface area contributed by atoms with Gasteiger partial charge in [-0.05, 0) is 48.4 Å². The highest BCUT2D eigenvalue weighted by Crippen LogP contribution is 2.55. The first-order chi connectivity index (χ1) is 13.3. The Labute approximate surface area is 166 Å². The Morgan fingerprint density at radius 1 is 1.11 bits per heavy atom. The zero-order valence-electron chi connectivity index (χ0n) is 15.4. The first-order valence-corrected chi connectivity index (χ1v) is 12.0. The fraction of sp³-hybridized carbons (Fsp3) is 0.200. The molecule has 2 heterocycles. The van der Waals surface area contributed by atoms with Crippen LogP contribution in [0, 0.1) is 0 Å². The van der Waals surface area contributed by atoms with Gasteiger partial charge in [0.15, 0.2) is 0 Å². The number of fused-ring (bicyclic) bond motifs is 1. The van der Waals surface area contributed by atoms with Crippen molar-refractivity contribution >= 4 is 20.6 Å². The number of nitrogens with one attached hydrogen (secondary N) is 1. The summed E-state index contributed by atoms with van der Waals surface area (Å²) < 4.78 is 48.7. The molecule has 8 heteroatoms. The summed E-state index contributed by atoms with van der Waals surface area (Å²) in [5.41, 5.74) is 3.00. The van der Waals surface area contributed by atoms with Gasteiger partial charge in [-0.3, -0.25) is 9.11 Å². The van der Waals surface area contributed by atoms with Gasteiger partial charge in [0, 0.05) is 18.5 Å². The summed E-state index contributed by atoms with van der Waals surface area (Å²) in [6.45, 7) is 0.535. The van der Waals surface area contributed by atoms with Crippen molar-refractivity contribution in [3.63, 3.8) is 0 Å². The molecule has 1 aromatic heterocycles. The van der Waals surface area contributed by atoms with E-state index in [4.69, 9.17) is 0 Å². The van der Waals surface area contributed by atoms with Crippen LogP contribution >= 0.6 is 10.6 Å². The summed E-state index contributed by atoms with van der Waals surface area (Å²) in [4.78, 5) is 0.398. The van der Waals surface area contributed by atoms with Gasteiger partial charge >= 0.3 is 0 Å². The van der Waals surface area contributed by atoms with Gasteiger partial charge in [-0.15, -0.1) is 0 Å². The molecule has 0 atom stereocenters. The maximum Gasteiger partial charge on any atom is 0.268 e. The maximum absolute atomic E-state index is 13.4. The Balaban J connectivity index is 1.87. The molecule has 6 nitrogen and oxygen atoms in total. The average Bonchev–Trinajstić information content (AvgIpc) is 3.24. The van der Waals surface area contributed by atoms with Crippen molar-refractivity contribution in [2.24, 2.45) is 0 Å². The van der Waals surface area contributed by atoms with Crippen LogP contribution in [-0.2, 0) is 23.0 Å². The molecule has 0 spiro atoms. The van der Waals surface area contributed by atoms with E-state index in [-0.39, 0.29) is 10.6 Å². The fourth-order valence-corrected chi connectivity index (χ4v) is 6.63. The Morgan fingerprint density at radius 2 is 1.86 bits per heavy atom. The summed E-state index contributed by atoms with van der Waals surface area (Å²) >= 11 is 0. The van der Waals surface area contributed by atoms with Crippen LogP contribution < -0.4 is 5.32 Å². The monoisotopic (exact) mass is 418 g/mol. The van der Waals surface area contributed by atoms with Crippen LogP contribution in [0.4, 0.5) is 0 Å². The molecule has 1 aliphatic rings. The third-order valence-electron chi connectivity index (χ3n) is 4.90. The second-order valence-electron chi connectivity index (χ2n) is 6.82. The molecule has 0 unspecified atom stereocenters. The van der Waals surface area contributed by atoms with E-state index < -0.39 is 20.6 Å². The lowest BCUT2D eigenvalue weighted by molar-refractivity contribution is 0.492. The molecule has 148 valence electrons. The van der Waals surface area contributed by atoms with Gasteiger partial charge in [0.05, 0.1) is 15.5 Å². The highest BCUT2D eigenvalue weighted by atomic mass is 32.3. The molecule has 3 aromatic rings. The standard InChI is InChI=1S/C20H22N2O4S2/c1-21-13-15-11-19(16-5-3-2-4-6-16)22(14-15)28(25,26)18-8-7-17-9-10-27(23,24)20(17)12-18/h2-8,11-12,14,21,23-24H,9-10,13H2,1H3. The predicted octanol–water partition coefficient (Wildman–Crippen LogP) is 3.78. The smallest absolute Gasteiger partial charge is 0.268 e. The molecule has 0 bridgehead atoms. The van der Waals surface area contributed by atoms with Gasteiger partial charge in [-0.25, -0.2) is 12.4 Å². The molecule has 0 saturated heterocycles. The highest BCUT2D eigenvalue weighted by molar-refractivity contribution is 8.24. The lowest BCUT2D eigenvalue weighted by atomic mass is 10.1. The minimum Gasteiger partial charge on any atom is -0.316 e. The summed E-state index contributed by atoms with van der Waals surface area (Å²) in [6.07, 6.45) is 2.16. The molecular weight excluding hydrogens is 396 g/mol. The largest absolute Gasteiger partial charge is 0.316 e. The van der Waals surface area contributed by atoms with Crippen molar-refractivity contribution in [1.82, 2.24) is 9.29 Å². The van der Waals surface area contributed by atoms with Gasteiger partial charge in [0.1, 0.15) is 0 Å². The second-order valence-corrected chi connectivity index (χ2v) is 10.8. The Morgan fingerprint density at radius 3 is 2.57 bits per heavy atom. The predicted molar refractivity (Wildman–Crippen MR) is 111 cm³/mol. The van der Waals surface area contributed by atoms with E-state index in [0.29, 0.717) is 23.6 Å². The molecule has 4 rings (SSSR count).